The third kappa shape index (κ3) is 3.40. The van der Waals surface area contributed by atoms with Crippen LogP contribution in [0.3, 0.4) is 0 Å². The van der Waals surface area contributed by atoms with E-state index in [0.717, 1.165) is 6.42 Å². The average molecular weight is 326 g/mol. The van der Waals surface area contributed by atoms with Crippen molar-refractivity contribution in [3.05, 3.63) is 59.7 Å². The molecule has 23 heavy (non-hydrogen) atoms. The Kier molecular flexibility index (Phi) is 5.42. The molecule has 0 aliphatic carbocycles. The fraction of sp³-hybridized carbons (Fsp3) is 0.350. The molecule has 1 N–H and O–H groups in total. The number of nitrogens with one attached hydrogen (secondary N) is 1. The number of hydrogen-bond acceptors (Lipinski definition) is 1. The molecule has 0 fully saturated rings. The first-order valence-corrected chi connectivity index (χ1v) is 10.9. The monoisotopic (exact) mass is 325 g/mol. The molecule has 0 aliphatic rings. The second-order valence-corrected chi connectivity index (χ2v) is 10.7. The Balaban J connectivity index is 2.71. The summed E-state index contributed by atoms with van der Waals surface area (Å²) in [7, 11) is -2.11. The Morgan fingerprint density at radius 3 is 1.78 bits per heavy atom. The predicted molar refractivity (Wildman–Crippen MR) is 101 cm³/mol. The number of hydrogen-bond donors (Lipinski definition) is 1. The Morgan fingerprint density at radius 1 is 1.00 bits per heavy atom. The summed E-state index contributed by atoms with van der Waals surface area (Å²) in [6, 6.07) is 17.3. The second kappa shape index (κ2) is 7.13. The lowest BCUT2D eigenvalue weighted by Crippen LogP contribution is -2.70. The lowest BCUT2D eigenvalue weighted by atomic mass is 10.2. The molecule has 0 bridgehead atoms. The van der Waals surface area contributed by atoms with Crippen molar-refractivity contribution in [3.63, 3.8) is 0 Å². The standard InChI is InChI=1S/C20H27NOSi/c1-6-20(21-17(4)22)23(5,18-13-9-7-11-15(18)2)19-14-10-8-12-16(19)3/h7-14,20H,6H2,1-5H3,(H,21,22). The van der Waals surface area contributed by atoms with Crippen LogP contribution in [-0.4, -0.2) is 19.6 Å². The Bertz CT molecular complexity index is 650. The van der Waals surface area contributed by atoms with Crippen molar-refractivity contribution in [2.24, 2.45) is 0 Å². The molecule has 0 saturated carbocycles. The minimum absolute atomic E-state index is 0.0535. The van der Waals surface area contributed by atoms with Crippen LogP contribution in [-0.2, 0) is 4.79 Å². The lowest BCUT2D eigenvalue weighted by Gasteiger charge is -2.38. The van der Waals surface area contributed by atoms with Crippen LogP contribution in [0.25, 0.3) is 0 Å². The van der Waals surface area contributed by atoms with Gasteiger partial charge in [0.25, 0.3) is 0 Å². The molecule has 2 rings (SSSR count). The fourth-order valence-corrected chi connectivity index (χ4v) is 8.77. The molecule has 1 amide bonds. The largest absolute Gasteiger partial charge is 0.355 e. The summed E-state index contributed by atoms with van der Waals surface area (Å²) in [5.74, 6) is 0.0535. The van der Waals surface area contributed by atoms with Gasteiger partial charge in [-0.1, -0.05) is 73.1 Å². The summed E-state index contributed by atoms with van der Waals surface area (Å²) in [5.41, 5.74) is 2.81. The number of amides is 1. The van der Waals surface area contributed by atoms with Crippen LogP contribution < -0.4 is 15.7 Å². The van der Waals surface area contributed by atoms with Crippen LogP contribution in [0, 0.1) is 13.8 Å². The number of rotatable bonds is 5. The predicted octanol–water partition coefficient (Wildman–Crippen LogP) is 2.95. The zero-order chi connectivity index (χ0) is 17.0. The van der Waals surface area contributed by atoms with Gasteiger partial charge >= 0.3 is 0 Å². The van der Waals surface area contributed by atoms with Crippen molar-refractivity contribution >= 4 is 24.4 Å². The maximum Gasteiger partial charge on any atom is 0.216 e. The van der Waals surface area contributed by atoms with Gasteiger partial charge in [0, 0.05) is 12.6 Å². The molecule has 0 saturated heterocycles. The summed E-state index contributed by atoms with van der Waals surface area (Å²) < 4.78 is 0. The highest BCUT2D eigenvalue weighted by molar-refractivity contribution is 7.03. The van der Waals surface area contributed by atoms with E-state index in [9.17, 15) is 4.79 Å². The van der Waals surface area contributed by atoms with Gasteiger partial charge in [-0.15, -0.1) is 0 Å². The molecule has 2 aromatic rings. The Morgan fingerprint density at radius 2 is 1.43 bits per heavy atom. The molecule has 1 atom stereocenters. The van der Waals surface area contributed by atoms with Crippen molar-refractivity contribution in [2.45, 2.75) is 46.3 Å². The normalized spacial score (nSPS) is 12.7. The zero-order valence-electron chi connectivity index (χ0n) is 14.8. The van der Waals surface area contributed by atoms with Crippen molar-refractivity contribution < 1.29 is 4.79 Å². The van der Waals surface area contributed by atoms with E-state index in [1.54, 1.807) is 6.92 Å². The van der Waals surface area contributed by atoms with E-state index in [-0.39, 0.29) is 11.6 Å². The molecule has 1 unspecified atom stereocenters. The van der Waals surface area contributed by atoms with E-state index >= 15 is 0 Å². The maximum absolute atomic E-state index is 11.8. The Hall–Kier alpha value is -1.87. The first-order valence-electron chi connectivity index (χ1n) is 8.30. The number of carbonyl (C=O) groups excluding carboxylic acids is 1. The molecular formula is C20H27NOSi. The first kappa shape index (κ1) is 17.5. The van der Waals surface area contributed by atoms with Gasteiger partial charge in [0.2, 0.25) is 5.91 Å². The smallest absolute Gasteiger partial charge is 0.216 e. The van der Waals surface area contributed by atoms with Crippen LogP contribution in [0.4, 0.5) is 0 Å². The van der Waals surface area contributed by atoms with Gasteiger partial charge in [-0.25, -0.2) is 0 Å². The van der Waals surface area contributed by atoms with Gasteiger partial charge in [-0.2, -0.15) is 0 Å². The number of aryl methyl sites for hydroxylation is 2. The summed E-state index contributed by atoms with van der Waals surface area (Å²) in [4.78, 5) is 11.8. The average Bonchev–Trinajstić information content (AvgIpc) is 2.52. The van der Waals surface area contributed by atoms with Crippen LogP contribution in [0.1, 0.15) is 31.4 Å². The second-order valence-electron chi connectivity index (χ2n) is 6.49. The lowest BCUT2D eigenvalue weighted by molar-refractivity contribution is -0.119. The van der Waals surface area contributed by atoms with E-state index < -0.39 is 8.07 Å². The highest BCUT2D eigenvalue weighted by Crippen LogP contribution is 2.17. The molecule has 0 heterocycles. The summed E-state index contributed by atoms with van der Waals surface area (Å²) in [6.07, 6.45) is 0.935. The molecule has 2 aromatic carbocycles. The van der Waals surface area contributed by atoms with Gasteiger partial charge in [0.15, 0.2) is 0 Å². The van der Waals surface area contributed by atoms with Crippen molar-refractivity contribution in [3.8, 4) is 0 Å². The zero-order valence-corrected chi connectivity index (χ0v) is 15.8. The van der Waals surface area contributed by atoms with Crippen LogP contribution in [0.15, 0.2) is 48.5 Å². The maximum atomic E-state index is 11.8. The fourth-order valence-electron chi connectivity index (χ4n) is 3.73. The molecule has 2 nitrogen and oxygen atoms in total. The third-order valence-corrected chi connectivity index (χ3v) is 10.2. The van der Waals surface area contributed by atoms with Gasteiger partial charge in [0.1, 0.15) is 8.07 Å². The third-order valence-electron chi connectivity index (χ3n) is 4.89. The topological polar surface area (TPSA) is 29.1 Å². The van der Waals surface area contributed by atoms with E-state index in [2.05, 4.69) is 81.2 Å². The van der Waals surface area contributed by atoms with Crippen LogP contribution in [0.2, 0.25) is 6.55 Å². The van der Waals surface area contributed by atoms with E-state index in [0.29, 0.717) is 0 Å². The number of carbonyl (C=O) groups is 1. The number of benzene rings is 2. The quantitative estimate of drug-likeness (QED) is 0.842. The van der Waals surface area contributed by atoms with Gasteiger partial charge in [0.05, 0.1) is 0 Å². The Labute approximate surface area is 141 Å². The molecular weight excluding hydrogens is 298 g/mol. The highest BCUT2D eigenvalue weighted by Gasteiger charge is 2.41. The molecule has 0 aromatic heterocycles. The van der Waals surface area contributed by atoms with E-state index in [4.69, 9.17) is 0 Å². The van der Waals surface area contributed by atoms with E-state index in [1.807, 2.05) is 0 Å². The SMILES string of the molecule is CCC(NC(C)=O)[Si](C)(c1ccccc1C)c1ccccc1C. The summed E-state index contributed by atoms with van der Waals surface area (Å²) in [6.45, 7) is 10.5. The van der Waals surface area contributed by atoms with Crippen LogP contribution in [0.5, 0.6) is 0 Å². The molecule has 0 aliphatic heterocycles. The highest BCUT2D eigenvalue weighted by atomic mass is 28.3. The first-order chi connectivity index (χ1) is 10.9. The van der Waals surface area contributed by atoms with Gasteiger partial charge in [-0.05, 0) is 30.6 Å². The van der Waals surface area contributed by atoms with E-state index in [1.165, 1.54) is 21.5 Å². The summed E-state index contributed by atoms with van der Waals surface area (Å²) >= 11 is 0. The molecule has 122 valence electrons. The minimum atomic E-state index is -2.11. The van der Waals surface area contributed by atoms with Gasteiger partial charge < -0.3 is 5.32 Å². The van der Waals surface area contributed by atoms with Crippen molar-refractivity contribution in [1.29, 1.82) is 0 Å². The molecule has 0 spiro atoms. The minimum Gasteiger partial charge on any atom is -0.355 e. The van der Waals surface area contributed by atoms with Crippen molar-refractivity contribution in [1.82, 2.24) is 5.32 Å². The molecule has 0 radical (unpaired) electrons. The van der Waals surface area contributed by atoms with Crippen molar-refractivity contribution in [2.75, 3.05) is 0 Å². The molecule has 3 heteroatoms. The summed E-state index contributed by atoms with van der Waals surface area (Å²) in [5, 5.41) is 6.07. The van der Waals surface area contributed by atoms with Gasteiger partial charge in [-0.3, -0.25) is 4.79 Å². The van der Waals surface area contributed by atoms with Crippen LogP contribution >= 0.6 is 0 Å².